The zero-order valence-electron chi connectivity index (χ0n) is 23.1. The number of halogens is 3. The van der Waals surface area contributed by atoms with Crippen molar-refractivity contribution in [3.05, 3.63) is 98.5 Å². The molecule has 17 heteroatoms. The van der Waals surface area contributed by atoms with Gasteiger partial charge in [0.05, 0.1) is 27.1 Å². The summed E-state index contributed by atoms with van der Waals surface area (Å²) in [6.45, 7) is -0.399. The monoisotopic (exact) mass is 690 g/mol. The lowest BCUT2D eigenvalue weighted by Crippen LogP contribution is -2.32. The highest BCUT2D eigenvalue weighted by molar-refractivity contribution is 8.00. The zero-order chi connectivity index (χ0) is 33.0. The smallest absolute Gasteiger partial charge is 0.416 e. The first-order valence-corrected chi connectivity index (χ1v) is 16.5. The fourth-order valence-corrected chi connectivity index (χ4v) is 8.33. The summed E-state index contributed by atoms with van der Waals surface area (Å²) in [5.41, 5.74) is -0.335. The highest BCUT2D eigenvalue weighted by Gasteiger charge is 2.56. The van der Waals surface area contributed by atoms with Crippen LogP contribution in [0.1, 0.15) is 21.9 Å². The van der Waals surface area contributed by atoms with Gasteiger partial charge in [0.1, 0.15) is 11.0 Å². The minimum atomic E-state index is -4.68. The molecule has 2 aliphatic rings. The predicted octanol–water partition coefficient (Wildman–Crippen LogP) is 3.92. The van der Waals surface area contributed by atoms with Gasteiger partial charge in [0.2, 0.25) is 21.8 Å². The fraction of sp³-hybridized carbons (Fsp3) is 0.172. The van der Waals surface area contributed by atoms with Crippen molar-refractivity contribution in [2.45, 2.75) is 27.3 Å². The Labute approximate surface area is 266 Å². The quantitative estimate of drug-likeness (QED) is 0.245. The topological polar surface area (TPSA) is 169 Å². The number of amides is 3. The number of imide groups is 1. The molecule has 0 aliphatic carbocycles. The number of primary sulfonamides is 1. The number of ether oxygens (including phenoxy) is 1. The SMILES string of the molecule is NS(=O)(=O)c1ccc(NC(=O)COc2ccc([C@H]3c4sc(=O)[nH]c4SC4C(=O)N(c5cccc(C(F)(F)F)c5)C(=O)C43)cc2)cc1. The molecular weight excluding hydrogens is 670 g/mol. The zero-order valence-corrected chi connectivity index (χ0v) is 25.6. The van der Waals surface area contributed by atoms with Crippen molar-refractivity contribution in [1.82, 2.24) is 4.98 Å². The molecule has 0 saturated carbocycles. The van der Waals surface area contributed by atoms with Crippen LogP contribution in [0.5, 0.6) is 5.75 Å². The number of nitrogens with zero attached hydrogens (tertiary/aromatic N) is 1. The van der Waals surface area contributed by atoms with Gasteiger partial charge in [-0.15, -0.1) is 0 Å². The third-order valence-corrected chi connectivity index (χ3v) is 10.7. The number of thiazole rings is 1. The molecule has 4 aromatic rings. The summed E-state index contributed by atoms with van der Waals surface area (Å²) in [5.74, 6) is -3.41. The fourth-order valence-electron chi connectivity index (χ4n) is 5.30. The van der Waals surface area contributed by atoms with Crippen LogP contribution >= 0.6 is 23.1 Å². The van der Waals surface area contributed by atoms with Crippen molar-refractivity contribution in [3.8, 4) is 5.75 Å². The van der Waals surface area contributed by atoms with E-state index in [9.17, 15) is 40.8 Å². The van der Waals surface area contributed by atoms with Crippen LogP contribution in [0.15, 0.2) is 87.5 Å². The predicted molar refractivity (Wildman–Crippen MR) is 162 cm³/mol. The molecule has 4 N–H and O–H groups in total. The number of carbonyl (C=O) groups is 3. The number of aromatic nitrogens is 1. The van der Waals surface area contributed by atoms with Gasteiger partial charge in [-0.1, -0.05) is 41.3 Å². The maximum absolute atomic E-state index is 13.8. The molecule has 11 nitrogen and oxygen atoms in total. The third-order valence-electron chi connectivity index (χ3n) is 7.33. The molecular formula is C29H21F3N4O7S3. The Bertz CT molecular complexity index is 2030. The van der Waals surface area contributed by atoms with E-state index in [2.05, 4.69) is 10.3 Å². The number of H-pyrrole nitrogens is 1. The summed E-state index contributed by atoms with van der Waals surface area (Å²) in [4.78, 5) is 55.5. The van der Waals surface area contributed by atoms with E-state index < -0.39 is 63.2 Å². The van der Waals surface area contributed by atoms with Crippen LogP contribution in [0.3, 0.4) is 0 Å². The number of benzene rings is 3. The molecule has 3 aromatic carbocycles. The molecule has 46 heavy (non-hydrogen) atoms. The molecule has 2 aliphatic heterocycles. The van der Waals surface area contributed by atoms with Crippen LogP contribution in [0.25, 0.3) is 0 Å². The van der Waals surface area contributed by atoms with Crippen molar-refractivity contribution in [2.24, 2.45) is 11.1 Å². The summed E-state index contributed by atoms with van der Waals surface area (Å²) in [6.07, 6.45) is -4.68. The molecule has 238 valence electrons. The molecule has 0 bridgehead atoms. The van der Waals surface area contributed by atoms with Gasteiger partial charge in [0.15, 0.2) is 6.61 Å². The standard InChI is InChI=1S/C29H21F3N4O7S3/c30-29(31,32)15-2-1-3-17(12-15)36-26(38)22-21(23-25(35-28(40)45-23)44-24(22)27(36)39)14-4-8-18(9-5-14)43-13-20(37)34-16-6-10-19(11-7-16)46(33,41)42/h1-12,21-22,24H,13H2,(H,34,37)(H,35,40)(H2,33,41,42)/t21-,22?,24?/m1/s1. The number of fused-ring (bicyclic) bond motifs is 2. The van der Waals surface area contributed by atoms with Gasteiger partial charge >= 0.3 is 11.0 Å². The van der Waals surface area contributed by atoms with E-state index >= 15 is 0 Å². The second-order valence-corrected chi connectivity index (χ2v) is 14.0. The van der Waals surface area contributed by atoms with Gasteiger partial charge in [-0.05, 0) is 60.2 Å². The average molecular weight is 691 g/mol. The van der Waals surface area contributed by atoms with E-state index in [4.69, 9.17) is 9.88 Å². The van der Waals surface area contributed by atoms with Crippen molar-refractivity contribution in [3.63, 3.8) is 0 Å². The molecule has 3 heterocycles. The summed E-state index contributed by atoms with van der Waals surface area (Å²) in [5, 5.41) is 7.04. The Balaban J connectivity index is 1.21. The van der Waals surface area contributed by atoms with Crippen molar-refractivity contribution in [1.29, 1.82) is 0 Å². The van der Waals surface area contributed by atoms with Crippen molar-refractivity contribution in [2.75, 3.05) is 16.8 Å². The molecule has 6 rings (SSSR count). The number of sulfonamides is 1. The van der Waals surface area contributed by atoms with Gasteiger partial charge in [-0.3, -0.25) is 19.2 Å². The molecule has 1 fully saturated rings. The van der Waals surface area contributed by atoms with Crippen LogP contribution in [0, 0.1) is 5.92 Å². The summed E-state index contributed by atoms with van der Waals surface area (Å²) >= 11 is 1.88. The highest BCUT2D eigenvalue weighted by Crippen LogP contribution is 2.53. The van der Waals surface area contributed by atoms with E-state index in [1.54, 1.807) is 24.3 Å². The molecule has 3 atom stereocenters. The highest BCUT2D eigenvalue weighted by atomic mass is 32.2. The van der Waals surface area contributed by atoms with Crippen molar-refractivity contribution >= 4 is 62.2 Å². The van der Waals surface area contributed by atoms with Gasteiger partial charge in [0.25, 0.3) is 5.91 Å². The molecule has 1 saturated heterocycles. The summed E-state index contributed by atoms with van der Waals surface area (Å²) < 4.78 is 68.6. The van der Waals surface area contributed by atoms with Crippen LogP contribution in [0.4, 0.5) is 24.5 Å². The largest absolute Gasteiger partial charge is 0.484 e. The Kier molecular flexibility index (Phi) is 8.04. The average Bonchev–Trinajstić information content (AvgIpc) is 3.49. The number of rotatable bonds is 7. The first kappa shape index (κ1) is 31.5. The molecule has 3 amide bonds. The molecule has 1 aromatic heterocycles. The van der Waals surface area contributed by atoms with Crippen LogP contribution in [0.2, 0.25) is 0 Å². The van der Waals surface area contributed by atoms with Gasteiger partial charge < -0.3 is 15.0 Å². The van der Waals surface area contributed by atoms with Gasteiger partial charge in [0, 0.05) is 16.5 Å². The maximum atomic E-state index is 13.8. The molecule has 0 radical (unpaired) electrons. The minimum Gasteiger partial charge on any atom is -0.484 e. The molecule has 0 spiro atoms. The van der Waals surface area contributed by atoms with Crippen LogP contribution < -0.4 is 25.0 Å². The lowest BCUT2D eigenvalue weighted by molar-refractivity contribution is -0.137. The van der Waals surface area contributed by atoms with Crippen LogP contribution in [-0.2, 0) is 30.6 Å². The normalized spacial score (nSPS) is 19.5. The van der Waals surface area contributed by atoms with Crippen molar-refractivity contribution < 1.29 is 40.7 Å². The number of aromatic amines is 1. The first-order valence-electron chi connectivity index (χ1n) is 13.3. The number of nitrogens with one attached hydrogen (secondary N) is 2. The number of hydrogen-bond donors (Lipinski definition) is 3. The Morgan fingerprint density at radius 1 is 1.00 bits per heavy atom. The van der Waals surface area contributed by atoms with E-state index in [-0.39, 0.29) is 21.2 Å². The Morgan fingerprint density at radius 2 is 1.70 bits per heavy atom. The number of nitrogens with two attached hydrogens (primary N) is 1. The second-order valence-electron chi connectivity index (χ2n) is 10.3. The Hall–Kier alpha value is -4.45. The van der Waals surface area contributed by atoms with Gasteiger partial charge in [-0.25, -0.2) is 18.5 Å². The van der Waals surface area contributed by atoms with E-state index in [1.165, 1.54) is 30.3 Å². The maximum Gasteiger partial charge on any atom is 0.416 e. The summed E-state index contributed by atoms with van der Waals surface area (Å²) in [7, 11) is -3.88. The molecule has 2 unspecified atom stereocenters. The summed E-state index contributed by atoms with van der Waals surface area (Å²) in [6, 6.07) is 15.6. The Morgan fingerprint density at radius 3 is 2.35 bits per heavy atom. The van der Waals surface area contributed by atoms with E-state index in [1.807, 2.05) is 0 Å². The van der Waals surface area contributed by atoms with E-state index in [0.29, 0.717) is 21.2 Å². The lowest BCUT2D eigenvalue weighted by Gasteiger charge is -2.29. The second kappa shape index (κ2) is 11.7. The number of thioether (sulfide) groups is 1. The van der Waals surface area contributed by atoms with Crippen LogP contribution in [-0.4, -0.2) is 43.0 Å². The number of alkyl halides is 3. The number of carbonyl (C=O) groups excluding carboxylic acids is 3. The van der Waals surface area contributed by atoms with E-state index in [0.717, 1.165) is 46.2 Å². The minimum absolute atomic E-state index is 0.115. The first-order chi connectivity index (χ1) is 21.7. The van der Waals surface area contributed by atoms with Gasteiger partial charge in [-0.2, -0.15) is 13.2 Å². The lowest BCUT2D eigenvalue weighted by atomic mass is 9.83. The number of anilines is 2. The number of hydrogen-bond acceptors (Lipinski definition) is 9. The third kappa shape index (κ3) is 6.05.